The Bertz CT molecular complexity index is 1400. The number of hydrogen-bond acceptors (Lipinski definition) is 5. The number of carboxylic acids is 1. The summed E-state index contributed by atoms with van der Waals surface area (Å²) in [4.78, 5) is 15.0. The van der Waals surface area contributed by atoms with E-state index in [1.807, 2.05) is 0 Å². The Kier molecular flexibility index (Phi) is 7.07. The molecule has 1 atom stereocenters. The van der Waals surface area contributed by atoms with Crippen LogP contribution < -0.4 is 9.04 Å². The fraction of sp³-hybridized carbons (Fsp3) is 0.217. The number of rotatable bonds is 7. The molecule has 1 aliphatic rings. The van der Waals surface area contributed by atoms with E-state index in [1.54, 1.807) is 37.4 Å². The van der Waals surface area contributed by atoms with Gasteiger partial charge in [0.25, 0.3) is 10.0 Å². The number of hydrogen-bond donors (Lipinski definition) is 1. The number of halogens is 3. The molecule has 1 aliphatic heterocycles. The van der Waals surface area contributed by atoms with Crippen LogP contribution in [0, 0.1) is 5.82 Å². The van der Waals surface area contributed by atoms with Crippen LogP contribution in [0.25, 0.3) is 12.2 Å². The number of nitrogens with zero attached hydrogens (tertiary/aromatic N) is 3. The lowest BCUT2D eigenvalue weighted by atomic mass is 10.1. The molecule has 0 saturated heterocycles. The van der Waals surface area contributed by atoms with Crippen LogP contribution in [0.3, 0.4) is 0 Å². The number of ether oxygens (including phenoxy) is 1. The van der Waals surface area contributed by atoms with Crippen molar-refractivity contribution in [1.29, 1.82) is 0 Å². The molecule has 8 nitrogen and oxygen atoms in total. The van der Waals surface area contributed by atoms with Crippen molar-refractivity contribution >= 4 is 57.0 Å². The van der Waals surface area contributed by atoms with Crippen LogP contribution >= 0.6 is 23.2 Å². The second-order valence-electron chi connectivity index (χ2n) is 7.86. The zero-order valence-corrected chi connectivity index (χ0v) is 20.7. The van der Waals surface area contributed by atoms with Crippen LogP contribution in [0.15, 0.2) is 47.8 Å². The van der Waals surface area contributed by atoms with Gasteiger partial charge in [0.05, 0.1) is 23.6 Å². The number of aromatic nitrogens is 2. The van der Waals surface area contributed by atoms with Crippen molar-refractivity contribution in [3.8, 4) is 5.75 Å². The first-order valence-corrected chi connectivity index (χ1v) is 12.6. The van der Waals surface area contributed by atoms with E-state index in [1.165, 1.54) is 29.1 Å². The van der Waals surface area contributed by atoms with Gasteiger partial charge in [-0.15, -0.1) is 0 Å². The molecule has 12 heteroatoms. The molecule has 0 fully saturated rings. The lowest BCUT2D eigenvalue weighted by Crippen LogP contribution is -2.44. The van der Waals surface area contributed by atoms with Gasteiger partial charge < -0.3 is 14.4 Å². The minimum atomic E-state index is -4.22. The Balaban J connectivity index is 1.75. The zero-order chi connectivity index (χ0) is 25.3. The molecule has 0 amide bonds. The Hall–Kier alpha value is -3.08. The second kappa shape index (κ2) is 9.88. The minimum absolute atomic E-state index is 0.0645. The van der Waals surface area contributed by atoms with E-state index in [9.17, 15) is 17.6 Å². The second-order valence-corrected chi connectivity index (χ2v) is 10.4. The van der Waals surface area contributed by atoms with Crippen molar-refractivity contribution in [3.05, 3.63) is 69.8 Å². The highest BCUT2D eigenvalue weighted by molar-refractivity contribution is 7.92. The maximum Gasteiger partial charge on any atom is 0.303 e. The molecule has 1 aromatic heterocycles. The first-order valence-electron chi connectivity index (χ1n) is 10.4. The number of sulfonamides is 1. The van der Waals surface area contributed by atoms with E-state index in [4.69, 9.17) is 33.0 Å². The van der Waals surface area contributed by atoms with E-state index in [0.717, 1.165) is 4.31 Å². The third kappa shape index (κ3) is 5.14. The van der Waals surface area contributed by atoms with Crippen molar-refractivity contribution in [2.24, 2.45) is 7.05 Å². The van der Waals surface area contributed by atoms with Gasteiger partial charge in [0, 0.05) is 19.0 Å². The minimum Gasteiger partial charge on any atom is -0.486 e. The summed E-state index contributed by atoms with van der Waals surface area (Å²) in [7, 11) is -2.65. The zero-order valence-electron chi connectivity index (χ0n) is 18.4. The number of carbonyl (C=O) groups is 1. The normalized spacial score (nSPS) is 15.8. The average Bonchev–Trinajstić information content (AvgIpc) is 3.15. The van der Waals surface area contributed by atoms with Gasteiger partial charge in [-0.25, -0.2) is 9.37 Å². The summed E-state index contributed by atoms with van der Waals surface area (Å²) in [6.45, 7) is -0.137. The van der Waals surface area contributed by atoms with Crippen LogP contribution in [0.1, 0.15) is 24.0 Å². The quantitative estimate of drug-likeness (QED) is 0.430. The van der Waals surface area contributed by atoms with Gasteiger partial charge in [-0.2, -0.15) is 8.42 Å². The smallest absolute Gasteiger partial charge is 0.303 e. The van der Waals surface area contributed by atoms with Crippen molar-refractivity contribution < 1.29 is 27.4 Å². The number of aliphatic carboxylic acids is 1. The van der Waals surface area contributed by atoms with Gasteiger partial charge in [-0.3, -0.25) is 9.10 Å². The molecule has 0 radical (unpaired) electrons. The topological polar surface area (TPSA) is 102 Å². The largest absolute Gasteiger partial charge is 0.486 e. The number of imidazole rings is 1. The highest BCUT2D eigenvalue weighted by Gasteiger charge is 2.37. The molecule has 4 rings (SSSR count). The Morgan fingerprint density at radius 1 is 1.29 bits per heavy atom. The predicted octanol–water partition coefficient (Wildman–Crippen LogP) is 4.86. The number of benzene rings is 2. The molecule has 0 unspecified atom stereocenters. The number of fused-ring (bicyclic) bond motifs is 1. The van der Waals surface area contributed by atoms with Crippen LogP contribution in [-0.2, 0) is 21.9 Å². The summed E-state index contributed by atoms with van der Waals surface area (Å²) in [5, 5.41) is 8.89. The first-order chi connectivity index (χ1) is 16.6. The standard InChI is InChI=1S/C23H20Cl2FN3O5S/c1-28-13-27-23(22(28)25)35(32,33)29-12-15(7-10-21(30)31)34-20-9-6-14(11-19(20)29)5-8-16-17(24)3-2-4-18(16)26/h2-6,8-9,11,13,15H,7,10,12H2,1H3,(H,30,31)/b8-5+/t15-/m0/s1. The summed E-state index contributed by atoms with van der Waals surface area (Å²) < 4.78 is 49.6. The molecule has 0 saturated carbocycles. The lowest BCUT2D eigenvalue weighted by Gasteiger charge is -2.35. The molecule has 35 heavy (non-hydrogen) atoms. The molecule has 2 heterocycles. The van der Waals surface area contributed by atoms with Crippen molar-refractivity contribution in [2.75, 3.05) is 10.8 Å². The molecule has 0 aliphatic carbocycles. The van der Waals surface area contributed by atoms with E-state index in [0.29, 0.717) is 5.56 Å². The molecule has 2 aromatic carbocycles. The third-order valence-electron chi connectivity index (χ3n) is 5.41. The summed E-state index contributed by atoms with van der Waals surface area (Å²) in [5.41, 5.74) is 0.977. The monoisotopic (exact) mass is 539 g/mol. The number of anilines is 1. The van der Waals surface area contributed by atoms with Gasteiger partial charge in [0.2, 0.25) is 5.03 Å². The van der Waals surface area contributed by atoms with Crippen LogP contribution in [0.5, 0.6) is 5.75 Å². The maximum absolute atomic E-state index is 14.1. The van der Waals surface area contributed by atoms with E-state index >= 15 is 0 Å². The fourth-order valence-corrected chi connectivity index (χ4v) is 5.74. The Morgan fingerprint density at radius 2 is 2.06 bits per heavy atom. The van der Waals surface area contributed by atoms with Crippen molar-refractivity contribution in [1.82, 2.24) is 9.55 Å². The molecule has 184 valence electrons. The summed E-state index contributed by atoms with van der Waals surface area (Å²) in [6.07, 6.45) is 3.59. The summed E-state index contributed by atoms with van der Waals surface area (Å²) >= 11 is 12.3. The molecular formula is C23H20Cl2FN3O5S. The average molecular weight is 540 g/mol. The van der Waals surface area contributed by atoms with Gasteiger partial charge in [0.15, 0.2) is 0 Å². The molecule has 1 N–H and O–H groups in total. The first kappa shape index (κ1) is 25.0. The maximum atomic E-state index is 14.1. The van der Waals surface area contributed by atoms with Gasteiger partial charge in [-0.1, -0.05) is 41.4 Å². The highest BCUT2D eigenvalue weighted by Crippen LogP contribution is 2.39. The molecule has 3 aromatic rings. The molecule has 0 spiro atoms. The Labute approximate surface area is 211 Å². The molecular weight excluding hydrogens is 520 g/mol. The number of aryl methyl sites for hydroxylation is 1. The fourth-order valence-electron chi connectivity index (χ4n) is 3.62. The SMILES string of the molecule is Cn1cnc(S(=O)(=O)N2C[C@H](CCC(=O)O)Oc3ccc(/C=C/c4c(F)cccc4Cl)cc32)c1Cl. The van der Waals surface area contributed by atoms with Crippen LogP contribution in [0.4, 0.5) is 10.1 Å². The third-order valence-corrected chi connectivity index (χ3v) is 8.01. The van der Waals surface area contributed by atoms with E-state index in [2.05, 4.69) is 4.98 Å². The van der Waals surface area contributed by atoms with Gasteiger partial charge in [0.1, 0.15) is 22.8 Å². The van der Waals surface area contributed by atoms with Crippen LogP contribution in [-0.4, -0.2) is 41.7 Å². The van der Waals surface area contributed by atoms with E-state index in [-0.39, 0.29) is 51.6 Å². The lowest BCUT2D eigenvalue weighted by molar-refractivity contribution is -0.137. The predicted molar refractivity (Wildman–Crippen MR) is 131 cm³/mol. The molecule has 0 bridgehead atoms. The van der Waals surface area contributed by atoms with Crippen molar-refractivity contribution in [3.63, 3.8) is 0 Å². The van der Waals surface area contributed by atoms with Crippen molar-refractivity contribution in [2.45, 2.75) is 24.0 Å². The summed E-state index contributed by atoms with van der Waals surface area (Å²) in [6, 6.07) is 9.16. The van der Waals surface area contributed by atoms with Gasteiger partial charge in [-0.05, 0) is 42.3 Å². The highest BCUT2D eigenvalue weighted by atomic mass is 35.5. The van der Waals surface area contributed by atoms with Crippen LogP contribution in [0.2, 0.25) is 10.2 Å². The number of carboxylic acid groups (broad SMARTS) is 1. The van der Waals surface area contributed by atoms with Gasteiger partial charge >= 0.3 is 5.97 Å². The van der Waals surface area contributed by atoms with E-state index < -0.39 is 27.9 Å². The Morgan fingerprint density at radius 3 is 2.71 bits per heavy atom. The summed E-state index contributed by atoms with van der Waals surface area (Å²) in [5.74, 6) is -1.26.